The van der Waals surface area contributed by atoms with Crippen molar-refractivity contribution in [3.63, 3.8) is 0 Å². The number of fused-ring (bicyclic) bond motifs is 3. The molecule has 1 heterocycles. The predicted molar refractivity (Wildman–Crippen MR) is 136 cm³/mol. The van der Waals surface area contributed by atoms with Gasteiger partial charge < -0.3 is 9.84 Å². The van der Waals surface area contributed by atoms with Gasteiger partial charge in [-0.3, -0.25) is 0 Å². The van der Waals surface area contributed by atoms with Gasteiger partial charge in [-0.1, -0.05) is 36.4 Å². The fourth-order valence-corrected chi connectivity index (χ4v) is 7.19. The van der Waals surface area contributed by atoms with Gasteiger partial charge in [0.05, 0.1) is 7.14 Å². The Bertz CT molecular complexity index is 1180. The number of aromatic hydroxyl groups is 1. The molecule has 0 amide bonds. The van der Waals surface area contributed by atoms with E-state index in [9.17, 15) is 5.11 Å². The Morgan fingerprint density at radius 3 is 1.90 bits per heavy atom. The molecule has 0 fully saturated rings. The maximum atomic E-state index is 9.84. The summed E-state index contributed by atoms with van der Waals surface area (Å²) in [5.74, 6) is 1.82. The number of rotatable bonds is 3. The largest absolute Gasteiger partial charge is 0.507 e. The molecule has 144 valence electrons. The van der Waals surface area contributed by atoms with Crippen molar-refractivity contribution >= 4 is 56.1 Å². The topological polar surface area (TPSA) is 29.5 Å². The quantitative estimate of drug-likeness (QED) is 0.159. The average Bonchev–Trinajstić information content (AvgIpc) is 3.07. The maximum Gasteiger partial charge on any atom is 0.142 e. The van der Waals surface area contributed by atoms with Gasteiger partial charge in [-0.05, 0) is 110 Å². The lowest BCUT2D eigenvalue weighted by molar-refractivity contribution is 0.458. The van der Waals surface area contributed by atoms with Crippen LogP contribution in [0.25, 0.3) is 11.1 Å². The van der Waals surface area contributed by atoms with Crippen LogP contribution in [0, 0.1) is 7.14 Å². The third-order valence-electron chi connectivity index (χ3n) is 4.90. The number of phenols is 1. The van der Waals surface area contributed by atoms with Gasteiger partial charge in [0.15, 0.2) is 0 Å². The van der Waals surface area contributed by atoms with E-state index in [-0.39, 0.29) is 5.75 Å². The van der Waals surface area contributed by atoms with Crippen LogP contribution in [-0.2, 0) is 0 Å². The van der Waals surface area contributed by atoms with E-state index >= 15 is 0 Å². The highest BCUT2D eigenvalue weighted by Gasteiger charge is 2.26. The monoisotopic (exact) mass is 622 g/mol. The van der Waals surface area contributed by atoms with Gasteiger partial charge in [0.25, 0.3) is 0 Å². The molecule has 5 rings (SSSR count). The summed E-state index contributed by atoms with van der Waals surface area (Å²) in [7, 11) is -0.551. The molecule has 0 unspecified atom stereocenters. The number of halogens is 2. The van der Waals surface area contributed by atoms with Crippen molar-refractivity contribution in [1.82, 2.24) is 0 Å². The van der Waals surface area contributed by atoms with Crippen LogP contribution in [0.15, 0.2) is 99.6 Å². The molecule has 0 radical (unpaired) electrons. The number of hydrogen-bond donors (Lipinski definition) is 2. The molecule has 4 aromatic rings. The van der Waals surface area contributed by atoms with Gasteiger partial charge in [0, 0.05) is 9.79 Å². The summed E-state index contributed by atoms with van der Waals surface area (Å²) in [6.45, 7) is 0. The molecule has 0 atom stereocenters. The van der Waals surface area contributed by atoms with Crippen LogP contribution in [0.5, 0.6) is 17.2 Å². The highest BCUT2D eigenvalue weighted by molar-refractivity contribution is 14.1. The second-order valence-corrected chi connectivity index (χ2v) is 11.2. The highest BCUT2D eigenvalue weighted by Crippen LogP contribution is 2.62. The smallest absolute Gasteiger partial charge is 0.142 e. The van der Waals surface area contributed by atoms with Gasteiger partial charge in [0.1, 0.15) is 17.2 Å². The zero-order chi connectivity index (χ0) is 20.0. The van der Waals surface area contributed by atoms with Gasteiger partial charge in [-0.15, -0.1) is 0 Å². The van der Waals surface area contributed by atoms with Crippen LogP contribution in [0.3, 0.4) is 0 Å². The Morgan fingerprint density at radius 2 is 1.28 bits per heavy atom. The summed E-state index contributed by atoms with van der Waals surface area (Å²) in [5, 5.41) is 9.84. The third-order valence-corrected chi connectivity index (χ3v) is 9.17. The third kappa shape index (κ3) is 3.53. The Kier molecular flexibility index (Phi) is 5.21. The molecule has 5 heteroatoms. The minimum Gasteiger partial charge on any atom is -0.507 e. The van der Waals surface area contributed by atoms with Crippen LogP contribution in [-0.4, -0.2) is 5.11 Å². The summed E-state index contributed by atoms with van der Waals surface area (Å²) in [6.07, 6.45) is 0. The van der Waals surface area contributed by atoms with E-state index in [2.05, 4.69) is 106 Å². The zero-order valence-electron chi connectivity index (χ0n) is 15.1. The first kappa shape index (κ1) is 19.3. The number of hydrogen-bond acceptors (Lipinski definition) is 2. The predicted octanol–water partition coefficient (Wildman–Crippen LogP) is 7.85. The molecule has 0 bridgehead atoms. The van der Waals surface area contributed by atoms with Crippen LogP contribution >= 0.6 is 56.1 Å². The second kappa shape index (κ2) is 7.85. The van der Waals surface area contributed by atoms with Crippen molar-refractivity contribution in [2.75, 3.05) is 0 Å². The summed E-state index contributed by atoms with van der Waals surface area (Å²) in [6, 6.07) is 29.5. The fraction of sp³-hybridized carbons (Fsp3) is 0. The Balaban J connectivity index is 1.49. The van der Waals surface area contributed by atoms with Crippen molar-refractivity contribution < 1.29 is 9.84 Å². The number of benzene rings is 4. The van der Waals surface area contributed by atoms with Crippen molar-refractivity contribution in [2.45, 2.75) is 14.7 Å². The van der Waals surface area contributed by atoms with Crippen molar-refractivity contribution in [1.29, 1.82) is 0 Å². The highest BCUT2D eigenvalue weighted by atomic mass is 127. The van der Waals surface area contributed by atoms with E-state index in [1.165, 1.54) is 25.8 Å². The first-order valence-electron chi connectivity index (χ1n) is 9.06. The summed E-state index contributed by atoms with van der Waals surface area (Å²) in [4.78, 5) is 4.15. The Morgan fingerprint density at radius 1 is 0.690 bits per heavy atom. The lowest BCUT2D eigenvalue weighted by Gasteiger charge is -2.19. The molecule has 1 aliphatic rings. The van der Waals surface area contributed by atoms with E-state index < -0.39 is 10.9 Å². The van der Waals surface area contributed by atoms with Crippen molar-refractivity contribution in [2.24, 2.45) is 0 Å². The molecule has 4 aromatic carbocycles. The molecular formula is C24H16I2O2S. The molecule has 0 saturated carbocycles. The van der Waals surface area contributed by atoms with Gasteiger partial charge in [-0.25, -0.2) is 0 Å². The maximum absolute atomic E-state index is 9.84. The van der Waals surface area contributed by atoms with Gasteiger partial charge in [-0.2, -0.15) is 10.9 Å². The van der Waals surface area contributed by atoms with Crippen LogP contribution in [0.1, 0.15) is 0 Å². The van der Waals surface area contributed by atoms with E-state index in [1.807, 2.05) is 18.2 Å². The minimum absolute atomic E-state index is 0.277. The van der Waals surface area contributed by atoms with E-state index in [4.69, 9.17) is 4.74 Å². The molecule has 1 aliphatic heterocycles. The second-order valence-electron chi connectivity index (χ2n) is 6.70. The molecule has 29 heavy (non-hydrogen) atoms. The number of thiol groups is 1. The van der Waals surface area contributed by atoms with Crippen LogP contribution in [0.2, 0.25) is 0 Å². The SMILES string of the molecule is Oc1cc(I)c(Oc2ccc([SH]3c4ccccc4-c4ccccc43)cc2)cc1I. The summed E-state index contributed by atoms with van der Waals surface area (Å²) >= 11 is 4.29. The normalized spacial score (nSPS) is 13.1. The van der Waals surface area contributed by atoms with E-state index in [0.29, 0.717) is 0 Å². The standard InChI is InChI=1S/C24H16I2O2S/c25-19-14-22(20(26)13-21(19)27)28-15-9-11-16(12-10-15)29-23-7-3-1-5-17(23)18-6-2-4-8-24(18)29/h1-14,27,29H. The Labute approximate surface area is 199 Å². The molecular weight excluding hydrogens is 606 g/mol. The number of phenolic OH excluding ortho intramolecular Hbond substituents is 1. The van der Waals surface area contributed by atoms with E-state index in [1.54, 1.807) is 6.07 Å². The molecule has 0 spiro atoms. The first-order valence-corrected chi connectivity index (χ1v) is 12.6. The minimum atomic E-state index is -0.551. The molecule has 1 N–H and O–H groups in total. The molecule has 0 aromatic heterocycles. The fourth-order valence-electron chi connectivity index (χ4n) is 3.59. The first-order chi connectivity index (χ1) is 14.1. The summed E-state index contributed by atoms with van der Waals surface area (Å²) in [5.41, 5.74) is 2.70. The van der Waals surface area contributed by atoms with Crippen LogP contribution in [0.4, 0.5) is 0 Å². The van der Waals surface area contributed by atoms with Gasteiger partial charge in [0.2, 0.25) is 0 Å². The Hall–Kier alpha value is -1.71. The van der Waals surface area contributed by atoms with Crippen molar-refractivity contribution in [3.05, 3.63) is 92.1 Å². The zero-order valence-corrected chi connectivity index (χ0v) is 20.4. The van der Waals surface area contributed by atoms with Crippen molar-refractivity contribution in [3.8, 4) is 28.4 Å². The van der Waals surface area contributed by atoms with E-state index in [0.717, 1.165) is 18.6 Å². The molecule has 2 nitrogen and oxygen atoms in total. The van der Waals surface area contributed by atoms with Crippen LogP contribution < -0.4 is 4.74 Å². The van der Waals surface area contributed by atoms with Gasteiger partial charge >= 0.3 is 0 Å². The summed E-state index contributed by atoms with van der Waals surface area (Å²) < 4.78 is 7.74. The lowest BCUT2D eigenvalue weighted by atomic mass is 10.1. The molecule has 0 saturated heterocycles. The number of ether oxygens (including phenoxy) is 1. The molecule has 0 aliphatic carbocycles. The lowest BCUT2D eigenvalue weighted by Crippen LogP contribution is -1.90. The average molecular weight is 622 g/mol.